The third-order valence-electron chi connectivity index (χ3n) is 5.06. The first kappa shape index (κ1) is 19.8. The first-order valence-electron chi connectivity index (χ1n) is 9.40. The Bertz CT molecular complexity index is 1150. The van der Waals surface area contributed by atoms with E-state index in [1.165, 1.54) is 6.92 Å². The summed E-state index contributed by atoms with van der Waals surface area (Å²) in [4.78, 5) is 36.6. The molecular formula is C22H19ClN4O3. The van der Waals surface area contributed by atoms with Gasteiger partial charge in [0.05, 0.1) is 12.1 Å². The van der Waals surface area contributed by atoms with Crippen molar-refractivity contribution in [3.05, 3.63) is 64.7 Å². The molecule has 0 unspecified atom stereocenters. The van der Waals surface area contributed by atoms with Crippen LogP contribution in [-0.2, 0) is 9.59 Å². The van der Waals surface area contributed by atoms with Gasteiger partial charge < -0.3 is 10.6 Å². The number of halogens is 1. The van der Waals surface area contributed by atoms with Crippen LogP contribution in [0.3, 0.4) is 0 Å². The molecule has 1 aliphatic heterocycles. The van der Waals surface area contributed by atoms with Crippen LogP contribution in [0, 0.1) is 6.92 Å². The number of Topliss-reactive ketones (excluding diaryl/α,β-unsaturated/α-hetero) is 1. The molecule has 1 aliphatic rings. The second kappa shape index (κ2) is 7.76. The van der Waals surface area contributed by atoms with E-state index in [2.05, 4.69) is 15.7 Å². The number of hydrogen-bond acceptors (Lipinski definition) is 4. The zero-order valence-electron chi connectivity index (χ0n) is 16.4. The van der Waals surface area contributed by atoms with Crippen molar-refractivity contribution in [2.75, 3.05) is 10.6 Å². The summed E-state index contributed by atoms with van der Waals surface area (Å²) in [5, 5.41) is 10.9. The molecule has 2 aromatic carbocycles. The number of ketones is 1. The van der Waals surface area contributed by atoms with Gasteiger partial charge in [0.2, 0.25) is 11.8 Å². The molecule has 2 amide bonds. The van der Waals surface area contributed by atoms with E-state index in [4.69, 9.17) is 11.6 Å². The maximum atomic E-state index is 13.0. The van der Waals surface area contributed by atoms with Gasteiger partial charge in [-0.3, -0.25) is 14.4 Å². The van der Waals surface area contributed by atoms with Crippen molar-refractivity contribution in [3.8, 4) is 11.3 Å². The van der Waals surface area contributed by atoms with Crippen molar-refractivity contribution in [2.24, 2.45) is 0 Å². The van der Waals surface area contributed by atoms with E-state index >= 15 is 0 Å². The Hall–Kier alpha value is -3.45. The molecule has 3 aromatic rings. The maximum Gasteiger partial charge on any atom is 0.249 e. The van der Waals surface area contributed by atoms with Crippen LogP contribution in [0.15, 0.2) is 48.5 Å². The summed E-state index contributed by atoms with van der Waals surface area (Å²) < 4.78 is 1.56. The van der Waals surface area contributed by atoms with E-state index in [1.54, 1.807) is 41.1 Å². The smallest absolute Gasteiger partial charge is 0.249 e. The molecule has 0 spiro atoms. The monoisotopic (exact) mass is 422 g/mol. The topological polar surface area (TPSA) is 93.1 Å². The fraction of sp³-hybridized carbons (Fsp3) is 0.182. The van der Waals surface area contributed by atoms with Gasteiger partial charge in [-0.2, -0.15) is 5.10 Å². The van der Waals surface area contributed by atoms with Crippen molar-refractivity contribution in [1.29, 1.82) is 0 Å². The van der Waals surface area contributed by atoms with Gasteiger partial charge in [-0.1, -0.05) is 23.7 Å². The second-order valence-corrected chi connectivity index (χ2v) is 7.60. The molecule has 0 radical (unpaired) electrons. The number of rotatable bonds is 4. The van der Waals surface area contributed by atoms with Gasteiger partial charge in [-0.05, 0) is 50.2 Å². The molecular weight excluding hydrogens is 404 g/mol. The fourth-order valence-electron chi connectivity index (χ4n) is 3.44. The standard InChI is InChI=1S/C22H19ClN4O3/c1-12-20(15-3-7-16(23)8-4-15)26-27-18(11-19(29)25-21(12)27)22(30)24-17-9-5-14(6-10-17)13(2)28/h3-10,18H,11H2,1-2H3,(H,24,30)(H,25,29)/t18-/m0/s1. The first-order valence-corrected chi connectivity index (χ1v) is 9.78. The summed E-state index contributed by atoms with van der Waals surface area (Å²) in [5.41, 5.74) is 3.38. The lowest BCUT2D eigenvalue weighted by molar-refractivity contribution is -0.125. The summed E-state index contributed by atoms with van der Waals surface area (Å²) in [6.45, 7) is 3.33. The molecule has 0 saturated heterocycles. The number of aromatic nitrogens is 2. The SMILES string of the molecule is CC(=O)c1ccc(NC(=O)[C@@H]2CC(=O)Nc3c(C)c(-c4ccc(Cl)cc4)nn32)cc1. The lowest BCUT2D eigenvalue weighted by Crippen LogP contribution is -2.35. The minimum absolute atomic E-state index is 0.0223. The van der Waals surface area contributed by atoms with E-state index in [1.807, 2.05) is 19.1 Å². The number of amides is 2. The van der Waals surface area contributed by atoms with E-state index < -0.39 is 6.04 Å². The highest BCUT2D eigenvalue weighted by atomic mass is 35.5. The van der Waals surface area contributed by atoms with Crippen molar-refractivity contribution >= 4 is 40.7 Å². The lowest BCUT2D eigenvalue weighted by Gasteiger charge is -2.24. The molecule has 0 fully saturated rings. The van der Waals surface area contributed by atoms with Gasteiger partial charge in [0.25, 0.3) is 0 Å². The molecule has 0 aliphatic carbocycles. The van der Waals surface area contributed by atoms with Crippen molar-refractivity contribution in [3.63, 3.8) is 0 Å². The minimum Gasteiger partial charge on any atom is -0.324 e. The zero-order valence-corrected chi connectivity index (χ0v) is 17.2. The summed E-state index contributed by atoms with van der Waals surface area (Å²) in [6.07, 6.45) is -0.0223. The molecule has 1 atom stereocenters. The first-order chi connectivity index (χ1) is 14.3. The van der Waals surface area contributed by atoms with E-state index in [0.29, 0.717) is 27.8 Å². The molecule has 2 N–H and O–H groups in total. The summed E-state index contributed by atoms with van der Waals surface area (Å²) >= 11 is 5.97. The van der Waals surface area contributed by atoms with Crippen LogP contribution >= 0.6 is 11.6 Å². The quantitative estimate of drug-likeness (QED) is 0.615. The van der Waals surface area contributed by atoms with Crippen LogP contribution in [0.4, 0.5) is 11.5 Å². The average Bonchev–Trinajstić information content (AvgIpc) is 3.05. The number of hydrogen-bond donors (Lipinski definition) is 2. The number of carbonyl (C=O) groups excluding carboxylic acids is 3. The molecule has 152 valence electrons. The minimum atomic E-state index is -0.791. The van der Waals surface area contributed by atoms with Gasteiger partial charge in [0.15, 0.2) is 5.78 Å². The second-order valence-electron chi connectivity index (χ2n) is 7.16. The van der Waals surface area contributed by atoms with Crippen LogP contribution in [0.2, 0.25) is 5.02 Å². The highest BCUT2D eigenvalue weighted by Crippen LogP contribution is 2.34. The van der Waals surface area contributed by atoms with Gasteiger partial charge in [0.1, 0.15) is 11.9 Å². The number of benzene rings is 2. The number of nitrogens with zero attached hydrogens (tertiary/aromatic N) is 2. The molecule has 30 heavy (non-hydrogen) atoms. The van der Waals surface area contributed by atoms with Crippen molar-refractivity contribution in [1.82, 2.24) is 9.78 Å². The third kappa shape index (κ3) is 3.71. The number of fused-ring (bicyclic) bond motifs is 1. The largest absolute Gasteiger partial charge is 0.324 e. The molecule has 0 bridgehead atoms. The molecule has 2 heterocycles. The molecule has 7 nitrogen and oxygen atoms in total. The Kier molecular flexibility index (Phi) is 5.13. The average molecular weight is 423 g/mol. The summed E-state index contributed by atoms with van der Waals surface area (Å²) in [5.74, 6) is -0.154. The fourth-order valence-corrected chi connectivity index (χ4v) is 3.56. The Morgan fingerprint density at radius 1 is 1.13 bits per heavy atom. The Morgan fingerprint density at radius 3 is 2.43 bits per heavy atom. The Morgan fingerprint density at radius 2 is 1.80 bits per heavy atom. The summed E-state index contributed by atoms with van der Waals surface area (Å²) in [6, 6.07) is 13.0. The van der Waals surface area contributed by atoms with Gasteiger partial charge in [0, 0.05) is 27.4 Å². The van der Waals surface area contributed by atoms with Gasteiger partial charge in [-0.25, -0.2) is 4.68 Å². The zero-order chi connectivity index (χ0) is 21.4. The predicted molar refractivity (Wildman–Crippen MR) is 115 cm³/mol. The van der Waals surface area contributed by atoms with E-state index in [0.717, 1.165) is 11.1 Å². The molecule has 8 heteroatoms. The summed E-state index contributed by atoms with van der Waals surface area (Å²) in [7, 11) is 0. The van der Waals surface area contributed by atoms with Crippen LogP contribution in [0.1, 0.15) is 35.3 Å². The molecule has 0 saturated carbocycles. The van der Waals surface area contributed by atoms with Crippen molar-refractivity contribution < 1.29 is 14.4 Å². The Balaban J connectivity index is 1.65. The normalized spacial score (nSPS) is 15.3. The van der Waals surface area contributed by atoms with Crippen LogP contribution in [0.25, 0.3) is 11.3 Å². The third-order valence-corrected chi connectivity index (χ3v) is 5.31. The number of anilines is 2. The van der Waals surface area contributed by atoms with E-state index in [-0.39, 0.29) is 24.0 Å². The van der Waals surface area contributed by atoms with Crippen molar-refractivity contribution in [2.45, 2.75) is 26.3 Å². The highest BCUT2D eigenvalue weighted by Gasteiger charge is 2.34. The lowest BCUT2D eigenvalue weighted by atomic mass is 10.1. The van der Waals surface area contributed by atoms with Gasteiger partial charge >= 0.3 is 0 Å². The predicted octanol–water partition coefficient (Wildman–Crippen LogP) is 4.24. The number of carbonyl (C=O) groups is 3. The number of nitrogens with one attached hydrogen (secondary N) is 2. The van der Waals surface area contributed by atoms with Crippen LogP contribution < -0.4 is 10.6 Å². The highest BCUT2D eigenvalue weighted by molar-refractivity contribution is 6.30. The van der Waals surface area contributed by atoms with Gasteiger partial charge in [-0.15, -0.1) is 0 Å². The maximum absolute atomic E-state index is 13.0. The van der Waals surface area contributed by atoms with E-state index in [9.17, 15) is 14.4 Å². The van der Waals surface area contributed by atoms with Crippen LogP contribution in [0.5, 0.6) is 0 Å². The van der Waals surface area contributed by atoms with Crippen LogP contribution in [-0.4, -0.2) is 27.4 Å². The molecule has 1 aromatic heterocycles. The Labute approximate surface area is 178 Å². The molecule has 4 rings (SSSR count).